The third-order valence-corrected chi connectivity index (χ3v) is 3.81. The van der Waals surface area contributed by atoms with Gasteiger partial charge in [0.15, 0.2) is 0 Å². The fourth-order valence-corrected chi connectivity index (χ4v) is 2.24. The number of carbonyl (C=O) groups is 2. The van der Waals surface area contributed by atoms with Crippen LogP contribution in [0.2, 0.25) is 0 Å². The summed E-state index contributed by atoms with van der Waals surface area (Å²) >= 11 is 0. The Hall–Kier alpha value is -2.04. The van der Waals surface area contributed by atoms with Gasteiger partial charge in [0, 0.05) is 19.6 Å². The van der Waals surface area contributed by atoms with Crippen molar-refractivity contribution >= 4 is 12.0 Å². The molecule has 2 amide bonds. The first-order chi connectivity index (χ1) is 9.58. The van der Waals surface area contributed by atoms with E-state index < -0.39 is 5.97 Å². The molecule has 0 saturated heterocycles. The Kier molecular flexibility index (Phi) is 4.61. The van der Waals surface area contributed by atoms with Crippen LogP contribution in [0, 0.1) is 0 Å². The van der Waals surface area contributed by atoms with Gasteiger partial charge in [-0.3, -0.25) is 0 Å². The van der Waals surface area contributed by atoms with Gasteiger partial charge in [0.2, 0.25) is 0 Å². The molecular formula is C15H20N2O3. The fraction of sp³-hybridized carbons (Fsp3) is 0.467. The summed E-state index contributed by atoms with van der Waals surface area (Å²) < 4.78 is 0. The molecule has 108 valence electrons. The Morgan fingerprint density at radius 2 is 2.15 bits per heavy atom. The molecule has 1 aliphatic rings. The number of aromatic carboxylic acids is 1. The van der Waals surface area contributed by atoms with Crippen molar-refractivity contribution in [2.75, 3.05) is 13.6 Å². The number of rotatable bonds is 5. The van der Waals surface area contributed by atoms with Crippen LogP contribution in [-0.4, -0.2) is 41.6 Å². The highest BCUT2D eigenvalue weighted by Gasteiger charge is 2.25. The highest BCUT2D eigenvalue weighted by atomic mass is 16.4. The van der Waals surface area contributed by atoms with E-state index in [9.17, 15) is 9.59 Å². The smallest absolute Gasteiger partial charge is 0.335 e. The number of benzene rings is 1. The second-order valence-corrected chi connectivity index (χ2v) is 5.18. The third-order valence-electron chi connectivity index (χ3n) is 3.81. The van der Waals surface area contributed by atoms with Gasteiger partial charge >= 0.3 is 12.0 Å². The van der Waals surface area contributed by atoms with Crippen molar-refractivity contribution in [3.63, 3.8) is 0 Å². The number of carbonyl (C=O) groups excluding carboxylic acids is 1. The van der Waals surface area contributed by atoms with Crippen molar-refractivity contribution in [3.05, 3.63) is 35.4 Å². The monoisotopic (exact) mass is 276 g/mol. The number of hydrogen-bond acceptors (Lipinski definition) is 2. The van der Waals surface area contributed by atoms with E-state index >= 15 is 0 Å². The third kappa shape index (κ3) is 3.50. The first-order valence-electron chi connectivity index (χ1n) is 6.91. The maximum Gasteiger partial charge on any atom is 0.335 e. The molecule has 0 aliphatic heterocycles. The number of nitrogens with zero attached hydrogens (tertiary/aromatic N) is 1. The average Bonchev–Trinajstić information content (AvgIpc) is 2.36. The van der Waals surface area contributed by atoms with Crippen molar-refractivity contribution < 1.29 is 14.7 Å². The minimum Gasteiger partial charge on any atom is -0.478 e. The van der Waals surface area contributed by atoms with Gasteiger partial charge in [0.25, 0.3) is 0 Å². The Morgan fingerprint density at radius 3 is 2.75 bits per heavy atom. The van der Waals surface area contributed by atoms with Crippen LogP contribution in [0.1, 0.15) is 35.2 Å². The summed E-state index contributed by atoms with van der Waals surface area (Å²) in [6.07, 6.45) is 4.00. The predicted octanol–water partition coefficient (Wildman–Crippen LogP) is 2.12. The van der Waals surface area contributed by atoms with Crippen LogP contribution < -0.4 is 5.32 Å². The van der Waals surface area contributed by atoms with E-state index in [0.717, 1.165) is 18.4 Å². The average molecular weight is 276 g/mol. The van der Waals surface area contributed by atoms with Crippen LogP contribution in [0.25, 0.3) is 0 Å². The van der Waals surface area contributed by atoms with Gasteiger partial charge in [-0.05, 0) is 43.4 Å². The molecule has 0 unspecified atom stereocenters. The lowest BCUT2D eigenvalue weighted by Crippen LogP contribution is -2.46. The van der Waals surface area contributed by atoms with E-state index in [2.05, 4.69) is 5.32 Å². The van der Waals surface area contributed by atoms with Crippen LogP contribution in [-0.2, 0) is 6.42 Å². The number of nitrogens with one attached hydrogen (secondary N) is 1. The van der Waals surface area contributed by atoms with Crippen molar-refractivity contribution in [1.29, 1.82) is 0 Å². The molecule has 0 spiro atoms. The lowest BCUT2D eigenvalue weighted by Gasteiger charge is -2.34. The number of hydrogen-bond donors (Lipinski definition) is 2. The topological polar surface area (TPSA) is 69.6 Å². The van der Waals surface area contributed by atoms with E-state index in [4.69, 9.17) is 5.11 Å². The summed E-state index contributed by atoms with van der Waals surface area (Å²) in [6.45, 7) is 0.513. The van der Waals surface area contributed by atoms with Crippen molar-refractivity contribution in [1.82, 2.24) is 10.2 Å². The largest absolute Gasteiger partial charge is 0.478 e. The molecule has 5 nitrogen and oxygen atoms in total. The van der Waals surface area contributed by atoms with Gasteiger partial charge in [-0.2, -0.15) is 0 Å². The molecule has 2 N–H and O–H groups in total. The maximum absolute atomic E-state index is 11.9. The summed E-state index contributed by atoms with van der Waals surface area (Å²) in [4.78, 5) is 24.5. The summed E-state index contributed by atoms with van der Waals surface area (Å²) in [7, 11) is 1.82. The molecule has 1 aromatic carbocycles. The molecule has 20 heavy (non-hydrogen) atoms. The van der Waals surface area contributed by atoms with Gasteiger partial charge < -0.3 is 15.3 Å². The maximum atomic E-state index is 11.9. The molecule has 0 heterocycles. The van der Waals surface area contributed by atoms with E-state index in [-0.39, 0.29) is 11.6 Å². The van der Waals surface area contributed by atoms with Crippen molar-refractivity contribution in [2.45, 2.75) is 31.7 Å². The van der Waals surface area contributed by atoms with Gasteiger partial charge in [-0.15, -0.1) is 0 Å². The second kappa shape index (κ2) is 6.41. The van der Waals surface area contributed by atoms with Crippen LogP contribution >= 0.6 is 0 Å². The molecule has 0 aromatic heterocycles. The Bertz CT molecular complexity index is 498. The number of carboxylic acids is 1. The minimum atomic E-state index is -0.930. The SMILES string of the molecule is CN(C(=O)NCCc1cccc(C(=O)O)c1)C1CCC1. The molecule has 0 radical (unpaired) electrons. The molecule has 1 aliphatic carbocycles. The Morgan fingerprint density at radius 1 is 1.40 bits per heavy atom. The van der Waals surface area contributed by atoms with Crippen molar-refractivity contribution in [3.8, 4) is 0 Å². The van der Waals surface area contributed by atoms with Crippen LogP contribution in [0.5, 0.6) is 0 Å². The molecular weight excluding hydrogens is 256 g/mol. The molecule has 1 aromatic rings. The summed E-state index contributed by atoms with van der Waals surface area (Å²) in [6, 6.07) is 7.13. The molecule has 0 bridgehead atoms. The molecule has 2 rings (SSSR count). The second-order valence-electron chi connectivity index (χ2n) is 5.18. The van der Waals surface area contributed by atoms with Gasteiger partial charge in [-0.1, -0.05) is 12.1 Å². The van der Waals surface area contributed by atoms with E-state index in [0.29, 0.717) is 19.0 Å². The highest BCUT2D eigenvalue weighted by molar-refractivity contribution is 5.87. The quantitative estimate of drug-likeness (QED) is 0.865. The summed E-state index contributed by atoms with van der Waals surface area (Å²) in [5.41, 5.74) is 1.19. The zero-order chi connectivity index (χ0) is 14.5. The van der Waals surface area contributed by atoms with E-state index in [1.807, 2.05) is 13.1 Å². The number of carboxylic acid groups (broad SMARTS) is 1. The highest BCUT2D eigenvalue weighted by Crippen LogP contribution is 2.23. The number of urea groups is 1. The molecule has 1 fully saturated rings. The summed E-state index contributed by atoms with van der Waals surface area (Å²) in [5.74, 6) is -0.930. The zero-order valence-corrected chi connectivity index (χ0v) is 11.6. The zero-order valence-electron chi connectivity index (χ0n) is 11.6. The van der Waals surface area contributed by atoms with E-state index in [1.165, 1.54) is 6.42 Å². The first kappa shape index (κ1) is 14.4. The molecule has 1 saturated carbocycles. The lowest BCUT2D eigenvalue weighted by molar-refractivity contribution is 0.0696. The van der Waals surface area contributed by atoms with Crippen LogP contribution in [0.3, 0.4) is 0 Å². The van der Waals surface area contributed by atoms with Crippen LogP contribution in [0.4, 0.5) is 4.79 Å². The molecule has 0 atom stereocenters. The molecule has 5 heteroatoms. The Balaban J connectivity index is 1.79. The Labute approximate surface area is 118 Å². The predicted molar refractivity (Wildman–Crippen MR) is 75.9 cm³/mol. The van der Waals surface area contributed by atoms with Crippen molar-refractivity contribution in [2.24, 2.45) is 0 Å². The lowest BCUT2D eigenvalue weighted by atomic mass is 9.92. The van der Waals surface area contributed by atoms with Gasteiger partial charge in [0.1, 0.15) is 0 Å². The fourth-order valence-electron chi connectivity index (χ4n) is 2.24. The summed E-state index contributed by atoms with van der Waals surface area (Å²) in [5, 5.41) is 11.8. The number of amides is 2. The van der Waals surface area contributed by atoms with Gasteiger partial charge in [0.05, 0.1) is 5.56 Å². The minimum absolute atomic E-state index is 0.0518. The first-order valence-corrected chi connectivity index (χ1v) is 6.91. The van der Waals surface area contributed by atoms with E-state index in [1.54, 1.807) is 23.1 Å². The van der Waals surface area contributed by atoms with Crippen LogP contribution in [0.15, 0.2) is 24.3 Å². The normalized spacial score (nSPS) is 14.4. The standard InChI is InChI=1S/C15H20N2O3/c1-17(13-6-3-7-13)15(20)16-9-8-11-4-2-5-12(10-11)14(18)19/h2,4-5,10,13H,3,6-9H2,1H3,(H,16,20)(H,18,19). The van der Waals surface area contributed by atoms with Gasteiger partial charge in [-0.25, -0.2) is 9.59 Å².